The van der Waals surface area contributed by atoms with Gasteiger partial charge >= 0.3 is 0 Å². The van der Waals surface area contributed by atoms with E-state index in [0.717, 1.165) is 0 Å². The predicted octanol–water partition coefficient (Wildman–Crippen LogP) is -1.12. The molecule has 44 valence electrons. The van der Waals surface area contributed by atoms with E-state index in [9.17, 15) is 5.11 Å². The summed E-state index contributed by atoms with van der Waals surface area (Å²) in [5, 5.41) is 13.7. The van der Waals surface area contributed by atoms with Crippen LogP contribution in [0.3, 0.4) is 0 Å². The zero-order valence-electron chi connectivity index (χ0n) is 4.71. The van der Waals surface area contributed by atoms with E-state index in [-0.39, 0.29) is 5.95 Å². The highest BCUT2D eigenvalue weighted by Crippen LogP contribution is 2.01. The fraction of sp³-hybridized carbons (Fsp3) is 0.500. The third-order valence-electron chi connectivity index (χ3n) is 1.03. The smallest absolute Gasteiger partial charge is 0.230 e. The zero-order chi connectivity index (χ0) is 6.15. The maximum absolute atomic E-state index is 10.4. The molecule has 1 rings (SSSR count). The Hall–Kier alpha value is -1.06. The molecule has 1 aromatic heterocycles. The number of rotatable bonds is 0. The van der Waals surface area contributed by atoms with Gasteiger partial charge in [-0.1, -0.05) is 4.68 Å². The van der Waals surface area contributed by atoms with Crippen LogP contribution in [0.4, 0.5) is 0 Å². The minimum atomic E-state index is -0.368. The highest BCUT2D eigenvalue weighted by molar-refractivity contribution is 4.98. The Morgan fingerprint density at radius 2 is 2.38 bits per heavy atom. The van der Waals surface area contributed by atoms with Crippen molar-refractivity contribution in [3.8, 4) is 5.95 Å². The molecule has 8 heavy (non-hydrogen) atoms. The molecule has 0 bridgehead atoms. The van der Waals surface area contributed by atoms with E-state index in [2.05, 4.69) is 9.79 Å². The van der Waals surface area contributed by atoms with E-state index in [1.54, 1.807) is 14.0 Å². The van der Waals surface area contributed by atoms with Crippen LogP contribution in [0.1, 0.15) is 5.69 Å². The lowest BCUT2D eigenvalue weighted by Gasteiger charge is -1.81. The molecular weight excluding hydrogens is 108 g/mol. The van der Waals surface area contributed by atoms with Crippen molar-refractivity contribution in [3.05, 3.63) is 5.69 Å². The van der Waals surface area contributed by atoms with E-state index in [0.29, 0.717) is 5.69 Å². The Bertz CT molecular complexity index is 174. The quantitative estimate of drug-likeness (QED) is 0.401. The van der Waals surface area contributed by atoms with E-state index in [4.69, 9.17) is 0 Å². The molecule has 0 aliphatic heterocycles. The largest absolute Gasteiger partial charge is 0.539 e. The normalized spacial score (nSPS) is 9.75. The van der Waals surface area contributed by atoms with Crippen LogP contribution in [-0.4, -0.2) is 5.27 Å². The predicted molar refractivity (Wildman–Crippen MR) is 21.9 cm³/mol. The van der Waals surface area contributed by atoms with Crippen LogP contribution < -0.4 is 9.79 Å². The SMILES string of the molecule is Cc1c([O-])on[n+]1C. The maximum Gasteiger partial charge on any atom is 0.230 e. The van der Waals surface area contributed by atoms with Gasteiger partial charge in [-0.05, 0) is 0 Å². The second kappa shape index (κ2) is 1.47. The molecule has 1 aromatic rings. The Morgan fingerprint density at radius 3 is 2.50 bits per heavy atom. The summed E-state index contributed by atoms with van der Waals surface area (Å²) in [5.41, 5.74) is 0.519. The number of aryl methyl sites for hydroxylation is 1. The molecule has 0 saturated carbocycles. The summed E-state index contributed by atoms with van der Waals surface area (Å²) in [6, 6.07) is 0. The molecule has 0 aliphatic carbocycles. The third-order valence-corrected chi connectivity index (χ3v) is 1.03. The molecule has 0 aromatic carbocycles. The molecule has 0 spiro atoms. The summed E-state index contributed by atoms with van der Waals surface area (Å²) in [7, 11) is 1.65. The van der Waals surface area contributed by atoms with Crippen LogP contribution in [-0.2, 0) is 7.05 Å². The fourth-order valence-electron chi connectivity index (χ4n) is 0.358. The van der Waals surface area contributed by atoms with Crippen molar-refractivity contribution in [2.24, 2.45) is 7.05 Å². The van der Waals surface area contributed by atoms with E-state index < -0.39 is 0 Å². The molecular formula is C4H6N2O2. The van der Waals surface area contributed by atoms with Crippen LogP contribution in [0, 0.1) is 6.92 Å². The van der Waals surface area contributed by atoms with Crippen LogP contribution >= 0.6 is 0 Å². The number of aromatic nitrogens is 2. The van der Waals surface area contributed by atoms with Crippen LogP contribution in [0.25, 0.3) is 0 Å². The Morgan fingerprint density at radius 1 is 1.75 bits per heavy atom. The van der Waals surface area contributed by atoms with Gasteiger partial charge in [-0.15, -0.1) is 0 Å². The molecule has 4 heteroatoms. The first-order valence-corrected chi connectivity index (χ1v) is 2.21. The lowest BCUT2D eigenvalue weighted by Crippen LogP contribution is -2.32. The van der Waals surface area contributed by atoms with Gasteiger partial charge in [0.25, 0.3) is 0 Å². The summed E-state index contributed by atoms with van der Waals surface area (Å²) >= 11 is 0. The standard InChI is InChI=1S/C4H6N2O2/c1-3-4(7)8-5-6(3)2/h1-2H3. The monoisotopic (exact) mass is 114 g/mol. The Kier molecular flexibility index (Phi) is 0.932. The first-order chi connectivity index (χ1) is 3.72. The van der Waals surface area contributed by atoms with E-state index in [1.165, 1.54) is 4.68 Å². The average molecular weight is 114 g/mol. The summed E-state index contributed by atoms with van der Waals surface area (Å²) in [5.74, 6) is -0.368. The number of hydrogen-bond donors (Lipinski definition) is 0. The van der Waals surface area contributed by atoms with Crippen molar-refractivity contribution in [3.63, 3.8) is 0 Å². The highest BCUT2D eigenvalue weighted by atomic mass is 16.6. The van der Waals surface area contributed by atoms with Crippen molar-refractivity contribution >= 4 is 0 Å². The highest BCUT2D eigenvalue weighted by Gasteiger charge is 2.03. The van der Waals surface area contributed by atoms with E-state index >= 15 is 0 Å². The summed E-state index contributed by atoms with van der Waals surface area (Å²) in [6.45, 7) is 1.65. The first kappa shape index (κ1) is 5.08. The molecule has 0 N–H and O–H groups in total. The second-order valence-corrected chi connectivity index (χ2v) is 1.57. The maximum atomic E-state index is 10.4. The molecule has 1 heterocycles. The molecule has 0 fully saturated rings. The summed E-state index contributed by atoms with van der Waals surface area (Å²) in [4.78, 5) is 0. The number of hydrogen-bond acceptors (Lipinski definition) is 3. The molecule has 0 saturated heterocycles. The second-order valence-electron chi connectivity index (χ2n) is 1.57. The van der Waals surface area contributed by atoms with Gasteiger partial charge in [0, 0.05) is 6.92 Å². The van der Waals surface area contributed by atoms with Gasteiger partial charge in [0.15, 0.2) is 13.0 Å². The fourth-order valence-corrected chi connectivity index (χ4v) is 0.358. The lowest BCUT2D eigenvalue weighted by molar-refractivity contribution is -0.745. The summed E-state index contributed by atoms with van der Waals surface area (Å²) in [6.07, 6.45) is 0. The topological polar surface area (TPSA) is 53.0 Å². The Balaban J connectivity index is 3.19. The lowest BCUT2D eigenvalue weighted by atomic mass is 10.5. The van der Waals surface area contributed by atoms with Crippen LogP contribution in [0.2, 0.25) is 0 Å². The van der Waals surface area contributed by atoms with Crippen molar-refractivity contribution in [1.82, 2.24) is 5.27 Å². The molecule has 0 atom stereocenters. The van der Waals surface area contributed by atoms with Gasteiger partial charge in [0.05, 0.1) is 5.27 Å². The third kappa shape index (κ3) is 0.538. The van der Waals surface area contributed by atoms with Gasteiger partial charge in [-0.25, -0.2) is 0 Å². The van der Waals surface area contributed by atoms with Gasteiger partial charge in [-0.3, -0.25) is 0 Å². The molecule has 4 nitrogen and oxygen atoms in total. The Labute approximate surface area is 46.3 Å². The van der Waals surface area contributed by atoms with Crippen molar-refractivity contribution in [2.75, 3.05) is 0 Å². The molecule has 0 unspecified atom stereocenters. The van der Waals surface area contributed by atoms with Crippen molar-refractivity contribution in [2.45, 2.75) is 6.92 Å². The van der Waals surface area contributed by atoms with E-state index in [1.807, 2.05) is 0 Å². The van der Waals surface area contributed by atoms with Crippen LogP contribution in [0.5, 0.6) is 5.95 Å². The molecule has 0 radical (unpaired) electrons. The first-order valence-electron chi connectivity index (χ1n) is 2.21. The van der Waals surface area contributed by atoms with Crippen LogP contribution in [0.15, 0.2) is 4.52 Å². The van der Waals surface area contributed by atoms with Gasteiger partial charge in [0.2, 0.25) is 5.69 Å². The molecule has 0 amide bonds. The van der Waals surface area contributed by atoms with Crippen molar-refractivity contribution < 1.29 is 14.3 Å². The van der Waals surface area contributed by atoms with Crippen molar-refractivity contribution in [1.29, 1.82) is 0 Å². The minimum Gasteiger partial charge on any atom is -0.539 e. The summed E-state index contributed by atoms with van der Waals surface area (Å²) < 4.78 is 5.64. The molecule has 0 aliphatic rings. The minimum absolute atomic E-state index is 0.368. The van der Waals surface area contributed by atoms with Gasteiger partial charge in [0.1, 0.15) is 0 Å². The average Bonchev–Trinajstić information content (AvgIpc) is 1.98. The van der Waals surface area contributed by atoms with Gasteiger partial charge < -0.3 is 9.63 Å². The number of nitrogens with zero attached hydrogens (tertiary/aromatic N) is 2. The zero-order valence-corrected chi connectivity index (χ0v) is 4.71. The van der Waals surface area contributed by atoms with Gasteiger partial charge in [-0.2, -0.15) is 0 Å².